The molecule has 7 nitrogen and oxygen atoms in total. The predicted molar refractivity (Wildman–Crippen MR) is 142 cm³/mol. The van der Waals surface area contributed by atoms with Gasteiger partial charge >= 0.3 is 5.69 Å². The second-order valence-electron chi connectivity index (χ2n) is 10.1. The lowest BCUT2D eigenvalue weighted by atomic mass is 9.84. The number of aromatic nitrogens is 3. The van der Waals surface area contributed by atoms with Crippen LogP contribution in [0.1, 0.15) is 43.6 Å². The summed E-state index contributed by atoms with van der Waals surface area (Å²) in [5.74, 6) is 0.741. The molecule has 0 atom stereocenters. The molecule has 2 N–H and O–H groups in total. The number of fused-ring (bicyclic) bond motifs is 3. The van der Waals surface area contributed by atoms with Crippen molar-refractivity contribution in [3.8, 4) is 0 Å². The van der Waals surface area contributed by atoms with Gasteiger partial charge in [0.15, 0.2) is 0 Å². The Bertz CT molecular complexity index is 1430. The Morgan fingerprint density at radius 3 is 2.29 bits per heavy atom. The van der Waals surface area contributed by atoms with Gasteiger partial charge in [-0.05, 0) is 42.5 Å². The van der Waals surface area contributed by atoms with Crippen molar-refractivity contribution in [3.05, 3.63) is 74.9 Å². The number of nitrogens with one attached hydrogen (secondary N) is 2. The monoisotopic (exact) mass is 471 g/mol. The van der Waals surface area contributed by atoms with Crippen LogP contribution in [0, 0.1) is 0 Å². The summed E-state index contributed by atoms with van der Waals surface area (Å²) in [6.07, 6.45) is 6.78. The summed E-state index contributed by atoms with van der Waals surface area (Å²) in [5, 5.41) is 0.867. The molecular weight excluding hydrogens is 438 g/mol. The molecule has 1 aliphatic carbocycles. The van der Waals surface area contributed by atoms with Crippen molar-refractivity contribution in [2.75, 3.05) is 37.6 Å². The normalized spacial score (nSPS) is 18.0. The Hall–Kier alpha value is -3.32. The van der Waals surface area contributed by atoms with Crippen LogP contribution >= 0.6 is 0 Å². The van der Waals surface area contributed by atoms with Gasteiger partial charge in [0.1, 0.15) is 5.52 Å². The quantitative estimate of drug-likeness (QED) is 0.461. The first-order chi connectivity index (χ1) is 17.2. The molecule has 182 valence electrons. The van der Waals surface area contributed by atoms with Crippen molar-refractivity contribution in [2.45, 2.75) is 44.6 Å². The van der Waals surface area contributed by atoms with E-state index in [-0.39, 0.29) is 11.2 Å². The molecule has 4 aromatic rings. The fourth-order valence-electron chi connectivity index (χ4n) is 5.90. The van der Waals surface area contributed by atoms with Gasteiger partial charge in [-0.15, -0.1) is 0 Å². The van der Waals surface area contributed by atoms with Crippen molar-refractivity contribution in [2.24, 2.45) is 0 Å². The summed E-state index contributed by atoms with van der Waals surface area (Å²) in [4.78, 5) is 36.6. The number of piperazine rings is 1. The molecule has 6 rings (SSSR count). The average Bonchev–Trinajstić information content (AvgIpc) is 3.28. The molecule has 2 aromatic heterocycles. The Balaban J connectivity index is 1.09. The second-order valence-corrected chi connectivity index (χ2v) is 10.1. The molecule has 0 amide bonds. The predicted octanol–water partition coefficient (Wildman–Crippen LogP) is 4.04. The topological polar surface area (TPSA) is 77.1 Å². The largest absolute Gasteiger partial charge is 0.369 e. The Morgan fingerprint density at radius 2 is 1.51 bits per heavy atom. The molecule has 1 saturated carbocycles. The standard InChI is InChI=1S/C28H33N5O2/c34-27-26-25(23-8-4-5-9-24(23)29-26)30-28(35)33(27)19-16-31-14-17-32(18-15-31)22-12-10-21(11-13-22)20-6-2-1-3-7-20/h4-5,8-13,20,29H,1-3,6-7,14-19H2,(H,30,35). The highest BCUT2D eigenvalue weighted by Crippen LogP contribution is 2.33. The zero-order chi connectivity index (χ0) is 23.8. The SMILES string of the molecule is O=c1[nH]c2c([nH]c3ccccc32)c(=O)n1CCN1CCN(c2ccc(C3CCCCC3)cc2)CC1. The fraction of sp³-hybridized carbons (Fsp3) is 0.429. The number of rotatable bonds is 5. The van der Waals surface area contributed by atoms with Crippen LogP contribution in [0.5, 0.6) is 0 Å². The minimum atomic E-state index is -0.344. The summed E-state index contributed by atoms with van der Waals surface area (Å²) in [6, 6.07) is 16.9. The van der Waals surface area contributed by atoms with Crippen LogP contribution in [-0.2, 0) is 6.54 Å². The average molecular weight is 472 g/mol. The summed E-state index contributed by atoms with van der Waals surface area (Å²) in [7, 11) is 0. The molecule has 2 aliphatic rings. The Morgan fingerprint density at radius 1 is 0.771 bits per heavy atom. The molecule has 0 radical (unpaired) electrons. The first-order valence-electron chi connectivity index (χ1n) is 13.0. The third kappa shape index (κ3) is 4.29. The number of aromatic amines is 2. The van der Waals surface area contributed by atoms with E-state index < -0.39 is 0 Å². The van der Waals surface area contributed by atoms with Crippen molar-refractivity contribution in [3.63, 3.8) is 0 Å². The molecule has 1 saturated heterocycles. The van der Waals surface area contributed by atoms with Gasteiger partial charge in [0.25, 0.3) is 5.56 Å². The van der Waals surface area contributed by atoms with Gasteiger partial charge in [0.05, 0.1) is 5.52 Å². The number of para-hydroxylation sites is 1. The van der Waals surface area contributed by atoms with Gasteiger partial charge in [0, 0.05) is 55.9 Å². The van der Waals surface area contributed by atoms with Crippen molar-refractivity contribution < 1.29 is 0 Å². The lowest BCUT2D eigenvalue weighted by Crippen LogP contribution is -2.48. The summed E-state index contributed by atoms with van der Waals surface area (Å²) in [5.41, 5.74) is 4.11. The van der Waals surface area contributed by atoms with Crippen LogP contribution in [0.4, 0.5) is 5.69 Å². The van der Waals surface area contributed by atoms with Crippen LogP contribution in [-0.4, -0.2) is 52.2 Å². The first kappa shape index (κ1) is 22.2. The van der Waals surface area contributed by atoms with Crippen molar-refractivity contribution in [1.82, 2.24) is 19.4 Å². The maximum absolute atomic E-state index is 13.1. The van der Waals surface area contributed by atoms with Gasteiger partial charge in [-0.3, -0.25) is 14.3 Å². The maximum Gasteiger partial charge on any atom is 0.328 e. The molecule has 7 heteroatoms. The number of anilines is 1. The highest BCUT2D eigenvalue weighted by Gasteiger charge is 2.20. The zero-order valence-electron chi connectivity index (χ0n) is 20.1. The molecule has 0 spiro atoms. The molecule has 0 bridgehead atoms. The van der Waals surface area contributed by atoms with E-state index >= 15 is 0 Å². The first-order valence-corrected chi connectivity index (χ1v) is 13.0. The van der Waals surface area contributed by atoms with E-state index in [1.54, 1.807) is 0 Å². The van der Waals surface area contributed by atoms with Gasteiger partial charge in [-0.25, -0.2) is 4.79 Å². The summed E-state index contributed by atoms with van der Waals surface area (Å²) < 4.78 is 1.33. The van der Waals surface area contributed by atoms with Crippen molar-refractivity contribution >= 4 is 27.6 Å². The number of hydrogen-bond donors (Lipinski definition) is 2. The third-order valence-electron chi connectivity index (χ3n) is 7.99. The number of benzene rings is 2. The van der Waals surface area contributed by atoms with Crippen LogP contribution in [0.2, 0.25) is 0 Å². The smallest absolute Gasteiger partial charge is 0.328 e. The van der Waals surface area contributed by atoms with E-state index in [1.807, 2.05) is 24.3 Å². The van der Waals surface area contributed by atoms with Crippen LogP contribution in [0.15, 0.2) is 58.1 Å². The van der Waals surface area contributed by atoms with Crippen molar-refractivity contribution in [1.29, 1.82) is 0 Å². The number of hydrogen-bond acceptors (Lipinski definition) is 4. The number of H-pyrrole nitrogens is 2. The van der Waals surface area contributed by atoms with E-state index in [2.05, 4.69) is 44.0 Å². The van der Waals surface area contributed by atoms with E-state index in [4.69, 9.17) is 0 Å². The molecule has 0 unspecified atom stereocenters. The molecule has 3 heterocycles. The lowest BCUT2D eigenvalue weighted by Gasteiger charge is -2.36. The van der Waals surface area contributed by atoms with Crippen LogP contribution < -0.4 is 16.1 Å². The van der Waals surface area contributed by atoms with Gasteiger partial charge < -0.3 is 14.9 Å². The highest BCUT2D eigenvalue weighted by molar-refractivity contribution is 6.04. The molecule has 2 aromatic carbocycles. The summed E-state index contributed by atoms with van der Waals surface area (Å²) in [6.45, 7) is 4.82. The molecular formula is C28H33N5O2. The number of nitrogens with zero attached hydrogens (tertiary/aromatic N) is 3. The Kier molecular flexibility index (Phi) is 5.94. The van der Waals surface area contributed by atoms with E-state index in [0.717, 1.165) is 43.0 Å². The van der Waals surface area contributed by atoms with E-state index in [1.165, 1.54) is 47.9 Å². The van der Waals surface area contributed by atoms with E-state index in [0.29, 0.717) is 24.1 Å². The van der Waals surface area contributed by atoms with Gasteiger partial charge in [-0.2, -0.15) is 0 Å². The minimum absolute atomic E-state index is 0.253. The summed E-state index contributed by atoms with van der Waals surface area (Å²) >= 11 is 0. The minimum Gasteiger partial charge on any atom is -0.369 e. The van der Waals surface area contributed by atoms with Crippen LogP contribution in [0.3, 0.4) is 0 Å². The molecule has 35 heavy (non-hydrogen) atoms. The van der Waals surface area contributed by atoms with Gasteiger partial charge in [-0.1, -0.05) is 49.6 Å². The maximum atomic E-state index is 13.1. The molecule has 2 fully saturated rings. The fourth-order valence-corrected chi connectivity index (χ4v) is 5.90. The third-order valence-corrected chi connectivity index (χ3v) is 7.99. The second kappa shape index (κ2) is 9.38. The van der Waals surface area contributed by atoms with Crippen LogP contribution in [0.25, 0.3) is 21.9 Å². The van der Waals surface area contributed by atoms with Gasteiger partial charge in [0.2, 0.25) is 0 Å². The molecule has 1 aliphatic heterocycles. The Labute approximate surface area is 204 Å². The highest BCUT2D eigenvalue weighted by atomic mass is 16.2. The lowest BCUT2D eigenvalue weighted by molar-refractivity contribution is 0.246. The zero-order valence-corrected chi connectivity index (χ0v) is 20.1. The van der Waals surface area contributed by atoms with E-state index in [9.17, 15) is 9.59 Å².